The third kappa shape index (κ3) is 3.99. The predicted molar refractivity (Wildman–Crippen MR) is 88.6 cm³/mol. The van der Waals surface area contributed by atoms with Gasteiger partial charge in [-0.05, 0) is 49.3 Å². The van der Waals surface area contributed by atoms with Gasteiger partial charge in [0.25, 0.3) is 0 Å². The fourth-order valence-corrected chi connectivity index (χ4v) is 3.28. The second kappa shape index (κ2) is 7.55. The van der Waals surface area contributed by atoms with Gasteiger partial charge < -0.3 is 20.1 Å². The predicted octanol–water partition coefficient (Wildman–Crippen LogP) is 2.12. The maximum atomic E-state index is 12.0. The van der Waals surface area contributed by atoms with Crippen LogP contribution in [-0.4, -0.2) is 24.6 Å². The molecule has 0 atom stereocenters. The van der Waals surface area contributed by atoms with Crippen LogP contribution in [0.15, 0.2) is 18.2 Å². The Morgan fingerprint density at radius 2 is 1.83 bits per heavy atom. The molecule has 1 heterocycles. The van der Waals surface area contributed by atoms with Crippen molar-refractivity contribution in [2.24, 2.45) is 5.92 Å². The van der Waals surface area contributed by atoms with Crippen molar-refractivity contribution >= 4 is 11.8 Å². The van der Waals surface area contributed by atoms with Crippen LogP contribution in [-0.2, 0) is 16.1 Å². The molecular formula is C18H24N2O4. The minimum atomic E-state index is -0.592. The molecule has 0 saturated heterocycles. The quantitative estimate of drug-likeness (QED) is 0.828. The first-order chi connectivity index (χ1) is 11.7. The smallest absolute Gasteiger partial charge is 0.309 e. The Hall–Kier alpha value is -2.24. The van der Waals surface area contributed by atoms with Crippen LogP contribution >= 0.6 is 0 Å². The van der Waals surface area contributed by atoms with Crippen molar-refractivity contribution in [3.05, 3.63) is 23.8 Å². The van der Waals surface area contributed by atoms with Crippen LogP contribution in [0.1, 0.15) is 44.6 Å². The van der Waals surface area contributed by atoms with Gasteiger partial charge in [-0.1, -0.05) is 19.4 Å². The van der Waals surface area contributed by atoms with E-state index in [1.165, 1.54) is 6.42 Å². The minimum Gasteiger partial charge on any atom is -0.454 e. The van der Waals surface area contributed by atoms with E-state index in [9.17, 15) is 9.59 Å². The van der Waals surface area contributed by atoms with Crippen LogP contribution in [0.4, 0.5) is 0 Å². The average Bonchev–Trinajstić information content (AvgIpc) is 3.08. The number of fused-ring (bicyclic) bond motifs is 1. The van der Waals surface area contributed by atoms with Gasteiger partial charge in [-0.3, -0.25) is 9.59 Å². The van der Waals surface area contributed by atoms with Crippen LogP contribution in [0.3, 0.4) is 0 Å². The number of amides is 2. The molecule has 1 saturated carbocycles. The first-order valence-corrected chi connectivity index (χ1v) is 8.63. The Morgan fingerprint density at radius 3 is 2.58 bits per heavy atom. The molecule has 130 valence electrons. The third-order valence-corrected chi connectivity index (χ3v) is 4.86. The summed E-state index contributed by atoms with van der Waals surface area (Å²) >= 11 is 0. The van der Waals surface area contributed by atoms with E-state index in [1.807, 2.05) is 12.1 Å². The molecule has 1 fully saturated rings. The van der Waals surface area contributed by atoms with E-state index in [4.69, 9.17) is 9.47 Å². The molecule has 2 aliphatic rings. The molecular weight excluding hydrogens is 308 g/mol. The number of carbonyl (C=O) groups is 2. The van der Waals surface area contributed by atoms with Gasteiger partial charge in [0.2, 0.25) is 6.79 Å². The van der Waals surface area contributed by atoms with Crippen LogP contribution < -0.4 is 20.1 Å². The molecule has 1 aliphatic carbocycles. The molecule has 0 spiro atoms. The molecule has 0 aromatic heterocycles. The van der Waals surface area contributed by atoms with E-state index in [0.717, 1.165) is 37.2 Å². The zero-order chi connectivity index (χ0) is 16.9. The Balaban J connectivity index is 1.44. The molecule has 0 radical (unpaired) electrons. The maximum absolute atomic E-state index is 12.0. The molecule has 1 aromatic rings. The zero-order valence-corrected chi connectivity index (χ0v) is 14.0. The van der Waals surface area contributed by atoms with E-state index in [-0.39, 0.29) is 19.4 Å². The Labute approximate surface area is 141 Å². The van der Waals surface area contributed by atoms with Crippen molar-refractivity contribution in [2.45, 2.75) is 51.6 Å². The number of hydrogen-bond donors (Lipinski definition) is 2. The highest BCUT2D eigenvalue weighted by Gasteiger charge is 2.23. The molecule has 6 heteroatoms. The van der Waals surface area contributed by atoms with E-state index >= 15 is 0 Å². The first kappa shape index (κ1) is 16.6. The highest BCUT2D eigenvalue weighted by Crippen LogP contribution is 2.32. The van der Waals surface area contributed by atoms with E-state index < -0.39 is 11.8 Å². The van der Waals surface area contributed by atoms with Crippen LogP contribution in [0.25, 0.3) is 0 Å². The number of rotatable bonds is 4. The summed E-state index contributed by atoms with van der Waals surface area (Å²) in [6.07, 6.45) is 5.36. The van der Waals surface area contributed by atoms with Crippen LogP contribution in [0.2, 0.25) is 0 Å². The van der Waals surface area contributed by atoms with Crippen molar-refractivity contribution in [3.8, 4) is 11.5 Å². The van der Waals surface area contributed by atoms with Crippen molar-refractivity contribution in [1.29, 1.82) is 0 Å². The summed E-state index contributed by atoms with van der Waals surface area (Å²) in [4.78, 5) is 24.0. The Morgan fingerprint density at radius 1 is 1.08 bits per heavy atom. The molecule has 6 nitrogen and oxygen atoms in total. The monoisotopic (exact) mass is 332 g/mol. The lowest BCUT2D eigenvalue weighted by Gasteiger charge is -2.28. The first-order valence-electron chi connectivity index (χ1n) is 8.63. The van der Waals surface area contributed by atoms with Gasteiger partial charge >= 0.3 is 11.8 Å². The van der Waals surface area contributed by atoms with E-state index in [1.54, 1.807) is 6.07 Å². The molecule has 24 heavy (non-hydrogen) atoms. The SMILES string of the molecule is CCC1CCC(NC(=O)C(=O)NCc2ccc3c(c2)OCO3)CC1. The second-order valence-electron chi connectivity index (χ2n) is 6.47. The summed E-state index contributed by atoms with van der Waals surface area (Å²) in [7, 11) is 0. The van der Waals surface area contributed by atoms with Gasteiger partial charge in [0.15, 0.2) is 11.5 Å². The summed E-state index contributed by atoms with van der Waals surface area (Å²) in [6, 6.07) is 5.58. The van der Waals surface area contributed by atoms with Gasteiger partial charge in [-0.25, -0.2) is 0 Å². The lowest BCUT2D eigenvalue weighted by atomic mass is 9.84. The lowest BCUT2D eigenvalue weighted by Crippen LogP contribution is -2.45. The maximum Gasteiger partial charge on any atom is 0.309 e. The number of carbonyl (C=O) groups excluding carboxylic acids is 2. The molecule has 2 N–H and O–H groups in total. The lowest BCUT2D eigenvalue weighted by molar-refractivity contribution is -0.139. The molecule has 1 aliphatic heterocycles. The average molecular weight is 332 g/mol. The van der Waals surface area contributed by atoms with Gasteiger partial charge in [-0.15, -0.1) is 0 Å². The third-order valence-electron chi connectivity index (χ3n) is 4.86. The van der Waals surface area contributed by atoms with Gasteiger partial charge in [0.1, 0.15) is 0 Å². The minimum absolute atomic E-state index is 0.122. The van der Waals surface area contributed by atoms with Crippen LogP contribution in [0.5, 0.6) is 11.5 Å². The zero-order valence-electron chi connectivity index (χ0n) is 14.0. The highest BCUT2D eigenvalue weighted by atomic mass is 16.7. The number of ether oxygens (including phenoxy) is 2. The molecule has 0 bridgehead atoms. The second-order valence-corrected chi connectivity index (χ2v) is 6.47. The van der Waals surface area contributed by atoms with E-state index in [0.29, 0.717) is 11.5 Å². The number of nitrogens with one attached hydrogen (secondary N) is 2. The topological polar surface area (TPSA) is 76.7 Å². The summed E-state index contributed by atoms with van der Waals surface area (Å²) in [5.41, 5.74) is 0.865. The molecule has 3 rings (SSSR count). The van der Waals surface area contributed by atoms with Crippen molar-refractivity contribution in [2.75, 3.05) is 6.79 Å². The largest absolute Gasteiger partial charge is 0.454 e. The van der Waals surface area contributed by atoms with Gasteiger partial charge in [0, 0.05) is 12.6 Å². The molecule has 1 aromatic carbocycles. The fraction of sp³-hybridized carbons (Fsp3) is 0.556. The van der Waals surface area contributed by atoms with Crippen molar-refractivity contribution in [1.82, 2.24) is 10.6 Å². The summed E-state index contributed by atoms with van der Waals surface area (Å²) in [5.74, 6) is 0.989. The van der Waals surface area contributed by atoms with Crippen molar-refractivity contribution < 1.29 is 19.1 Å². The normalized spacial score (nSPS) is 22.0. The number of hydrogen-bond acceptors (Lipinski definition) is 4. The fourth-order valence-electron chi connectivity index (χ4n) is 3.28. The van der Waals surface area contributed by atoms with Gasteiger partial charge in [0.05, 0.1) is 0 Å². The molecule has 0 unspecified atom stereocenters. The summed E-state index contributed by atoms with van der Waals surface area (Å²) in [5, 5.41) is 5.50. The van der Waals surface area contributed by atoms with Crippen molar-refractivity contribution in [3.63, 3.8) is 0 Å². The summed E-state index contributed by atoms with van der Waals surface area (Å²) in [6.45, 7) is 2.70. The molecule has 2 amide bonds. The van der Waals surface area contributed by atoms with Crippen LogP contribution in [0, 0.1) is 5.92 Å². The van der Waals surface area contributed by atoms with Gasteiger partial charge in [-0.2, -0.15) is 0 Å². The Bertz CT molecular complexity index is 609. The standard InChI is InChI=1S/C18H24N2O4/c1-2-12-3-6-14(7-4-12)20-18(22)17(21)19-10-13-5-8-15-16(9-13)24-11-23-15/h5,8-9,12,14H,2-4,6-7,10-11H2,1H3,(H,19,21)(H,20,22). The van der Waals surface area contributed by atoms with E-state index in [2.05, 4.69) is 17.6 Å². The highest BCUT2D eigenvalue weighted by molar-refractivity contribution is 6.35. The Kier molecular flexibility index (Phi) is 5.23. The number of benzene rings is 1. The summed E-state index contributed by atoms with van der Waals surface area (Å²) < 4.78 is 10.5.